The van der Waals surface area contributed by atoms with Crippen LogP contribution in [0.15, 0.2) is 12.1 Å². The Morgan fingerprint density at radius 3 is 2.44 bits per heavy atom. The van der Waals surface area contributed by atoms with Gasteiger partial charge in [-0.25, -0.2) is 13.2 Å². The summed E-state index contributed by atoms with van der Waals surface area (Å²) in [5.41, 5.74) is -0.164. The summed E-state index contributed by atoms with van der Waals surface area (Å²) in [6, 6.07) is 1.64. The van der Waals surface area contributed by atoms with Crippen molar-refractivity contribution in [2.45, 2.75) is 12.5 Å². The highest BCUT2D eigenvalue weighted by Crippen LogP contribution is 2.18. The van der Waals surface area contributed by atoms with E-state index in [9.17, 15) is 18.0 Å². The molecule has 1 aliphatic rings. The van der Waals surface area contributed by atoms with Gasteiger partial charge in [0.1, 0.15) is 0 Å². The molecule has 2 rings (SSSR count). The lowest BCUT2D eigenvalue weighted by molar-refractivity contribution is 0.0788. The molecule has 1 atom stereocenters. The molecule has 18 heavy (non-hydrogen) atoms. The summed E-state index contributed by atoms with van der Waals surface area (Å²) in [6.45, 7) is 1.00. The van der Waals surface area contributed by atoms with Crippen LogP contribution in [0.4, 0.5) is 13.2 Å². The molecule has 0 radical (unpaired) electrons. The molecule has 1 unspecified atom stereocenters. The number of carbonyl (C=O) groups is 1. The van der Waals surface area contributed by atoms with Crippen LogP contribution in [-0.2, 0) is 0 Å². The van der Waals surface area contributed by atoms with Crippen LogP contribution >= 0.6 is 0 Å². The molecule has 1 N–H and O–H groups in total. The van der Waals surface area contributed by atoms with E-state index in [1.807, 2.05) is 0 Å². The number of carbonyl (C=O) groups excluding carboxylic acids is 1. The summed E-state index contributed by atoms with van der Waals surface area (Å²) in [7, 11) is 1.79. The van der Waals surface area contributed by atoms with Crippen molar-refractivity contribution in [2.75, 3.05) is 20.1 Å². The quantitative estimate of drug-likeness (QED) is 0.816. The maximum atomic E-state index is 13.0. The van der Waals surface area contributed by atoms with Crippen molar-refractivity contribution >= 4 is 5.91 Å². The Balaban J connectivity index is 2.19. The number of hydrogen-bond acceptors (Lipinski definition) is 2. The van der Waals surface area contributed by atoms with Crippen molar-refractivity contribution in [2.24, 2.45) is 0 Å². The fraction of sp³-hybridized carbons (Fsp3) is 0.417. The lowest BCUT2D eigenvalue weighted by Crippen LogP contribution is -2.33. The number of nitrogens with one attached hydrogen (secondary N) is 1. The normalized spacial score (nSPS) is 19.3. The molecule has 1 aromatic rings. The van der Waals surface area contributed by atoms with Crippen molar-refractivity contribution in [3.05, 3.63) is 35.1 Å². The average molecular weight is 258 g/mol. The molecule has 0 aromatic heterocycles. The molecule has 0 bridgehead atoms. The zero-order valence-corrected chi connectivity index (χ0v) is 9.84. The maximum Gasteiger partial charge on any atom is 0.254 e. The minimum absolute atomic E-state index is 0.164. The minimum Gasteiger partial charge on any atom is -0.337 e. The van der Waals surface area contributed by atoms with Crippen molar-refractivity contribution in [3.8, 4) is 0 Å². The molecule has 0 aliphatic carbocycles. The van der Waals surface area contributed by atoms with E-state index in [1.54, 1.807) is 7.05 Å². The Kier molecular flexibility index (Phi) is 3.56. The number of hydrogen-bond donors (Lipinski definition) is 1. The monoisotopic (exact) mass is 258 g/mol. The van der Waals surface area contributed by atoms with Gasteiger partial charge < -0.3 is 10.2 Å². The lowest BCUT2D eigenvalue weighted by atomic mass is 10.2. The summed E-state index contributed by atoms with van der Waals surface area (Å²) < 4.78 is 38.8. The molecule has 0 saturated carbocycles. The van der Waals surface area contributed by atoms with Gasteiger partial charge in [-0.15, -0.1) is 0 Å². The number of likely N-dealkylation sites (tertiary alicyclic amines) is 1. The molecular formula is C12H13F3N2O. The molecule has 1 aromatic carbocycles. The van der Waals surface area contributed by atoms with E-state index in [1.165, 1.54) is 4.90 Å². The van der Waals surface area contributed by atoms with E-state index in [2.05, 4.69) is 5.32 Å². The Labute approximate surface area is 103 Å². The van der Waals surface area contributed by atoms with Crippen LogP contribution in [0, 0.1) is 17.5 Å². The standard InChI is InChI=1S/C12H13F3N2O/c1-16-8-2-3-17(6-8)12(18)7-4-9(13)11(15)10(14)5-7/h4-5,8,16H,2-3,6H2,1H3. The van der Waals surface area contributed by atoms with Crippen molar-refractivity contribution < 1.29 is 18.0 Å². The van der Waals surface area contributed by atoms with Gasteiger partial charge in [0.25, 0.3) is 5.91 Å². The largest absolute Gasteiger partial charge is 0.337 e. The van der Waals surface area contributed by atoms with E-state index in [0.717, 1.165) is 18.6 Å². The predicted molar refractivity (Wildman–Crippen MR) is 59.7 cm³/mol. The maximum absolute atomic E-state index is 13.0. The van der Waals surface area contributed by atoms with Crippen LogP contribution in [0.3, 0.4) is 0 Å². The molecule has 1 fully saturated rings. The predicted octanol–water partition coefficient (Wildman–Crippen LogP) is 1.54. The first-order valence-corrected chi connectivity index (χ1v) is 5.64. The van der Waals surface area contributed by atoms with Gasteiger partial charge in [-0.1, -0.05) is 0 Å². The first kappa shape index (κ1) is 12.9. The van der Waals surface area contributed by atoms with Gasteiger partial charge in [-0.2, -0.15) is 0 Å². The molecule has 1 heterocycles. The highest BCUT2D eigenvalue weighted by atomic mass is 19.2. The zero-order valence-electron chi connectivity index (χ0n) is 9.84. The molecule has 1 aliphatic heterocycles. The van der Waals surface area contributed by atoms with Crippen LogP contribution in [0.25, 0.3) is 0 Å². The van der Waals surface area contributed by atoms with Gasteiger partial charge in [0.05, 0.1) is 0 Å². The topological polar surface area (TPSA) is 32.3 Å². The number of halogens is 3. The third kappa shape index (κ3) is 2.33. The van der Waals surface area contributed by atoms with Crippen LogP contribution in [0.5, 0.6) is 0 Å². The van der Waals surface area contributed by atoms with Gasteiger partial charge in [0.2, 0.25) is 0 Å². The van der Waals surface area contributed by atoms with Gasteiger partial charge in [-0.05, 0) is 25.6 Å². The lowest BCUT2D eigenvalue weighted by Gasteiger charge is -2.16. The summed E-state index contributed by atoms with van der Waals surface area (Å²) in [5.74, 6) is -4.72. The van der Waals surface area contributed by atoms with Crippen molar-refractivity contribution in [3.63, 3.8) is 0 Å². The number of amides is 1. The van der Waals surface area contributed by atoms with E-state index < -0.39 is 23.4 Å². The van der Waals surface area contributed by atoms with Crippen LogP contribution in [-0.4, -0.2) is 37.0 Å². The molecule has 1 amide bonds. The molecule has 6 heteroatoms. The summed E-state index contributed by atoms with van der Waals surface area (Å²) >= 11 is 0. The smallest absolute Gasteiger partial charge is 0.254 e. The van der Waals surface area contributed by atoms with Crippen LogP contribution < -0.4 is 5.32 Å². The second kappa shape index (κ2) is 4.97. The second-order valence-electron chi connectivity index (χ2n) is 4.28. The molecular weight excluding hydrogens is 245 g/mol. The minimum atomic E-state index is -1.55. The van der Waals surface area contributed by atoms with Crippen molar-refractivity contribution in [1.29, 1.82) is 0 Å². The first-order valence-electron chi connectivity index (χ1n) is 5.64. The highest BCUT2D eigenvalue weighted by molar-refractivity contribution is 5.94. The van der Waals surface area contributed by atoms with E-state index >= 15 is 0 Å². The SMILES string of the molecule is CNC1CCN(C(=O)c2cc(F)c(F)c(F)c2)C1. The van der Waals surface area contributed by atoms with Gasteiger partial charge >= 0.3 is 0 Å². The fourth-order valence-electron chi connectivity index (χ4n) is 2.04. The fourth-order valence-corrected chi connectivity index (χ4v) is 2.04. The zero-order chi connectivity index (χ0) is 13.3. The van der Waals surface area contributed by atoms with Crippen molar-refractivity contribution in [1.82, 2.24) is 10.2 Å². The Morgan fingerprint density at radius 2 is 1.94 bits per heavy atom. The summed E-state index contributed by atoms with van der Waals surface area (Å²) in [5, 5.41) is 3.03. The van der Waals surface area contributed by atoms with Crippen LogP contribution in [0.2, 0.25) is 0 Å². The summed E-state index contributed by atoms with van der Waals surface area (Å²) in [6.07, 6.45) is 0.786. The van der Waals surface area contributed by atoms with E-state index in [0.29, 0.717) is 13.1 Å². The van der Waals surface area contributed by atoms with E-state index in [4.69, 9.17) is 0 Å². The Bertz CT molecular complexity index is 455. The third-order valence-electron chi connectivity index (χ3n) is 3.11. The first-order chi connectivity index (χ1) is 8.52. The van der Waals surface area contributed by atoms with Gasteiger partial charge in [0, 0.05) is 24.7 Å². The highest BCUT2D eigenvalue weighted by Gasteiger charge is 2.27. The Morgan fingerprint density at radius 1 is 1.33 bits per heavy atom. The molecule has 0 spiro atoms. The average Bonchev–Trinajstić information content (AvgIpc) is 2.83. The summed E-state index contributed by atoms with van der Waals surface area (Å²) in [4.78, 5) is 13.5. The third-order valence-corrected chi connectivity index (χ3v) is 3.11. The number of rotatable bonds is 2. The number of likely N-dealkylation sites (N-methyl/N-ethyl adjacent to an activating group) is 1. The van der Waals surface area contributed by atoms with E-state index in [-0.39, 0.29) is 11.6 Å². The number of nitrogens with zero attached hydrogens (tertiary/aromatic N) is 1. The van der Waals surface area contributed by atoms with Gasteiger partial charge in [-0.3, -0.25) is 4.79 Å². The molecule has 98 valence electrons. The molecule has 1 saturated heterocycles. The second-order valence-corrected chi connectivity index (χ2v) is 4.28. The molecule has 3 nitrogen and oxygen atoms in total. The van der Waals surface area contributed by atoms with Gasteiger partial charge in [0.15, 0.2) is 17.5 Å². The Hall–Kier alpha value is -1.56. The number of benzene rings is 1. The van der Waals surface area contributed by atoms with Crippen LogP contribution in [0.1, 0.15) is 16.8 Å².